The van der Waals surface area contributed by atoms with Gasteiger partial charge in [0.25, 0.3) is 5.91 Å². The third-order valence-electron chi connectivity index (χ3n) is 4.23. The van der Waals surface area contributed by atoms with E-state index in [1.54, 1.807) is 30.0 Å². The predicted molar refractivity (Wildman–Crippen MR) is 87.1 cm³/mol. The second-order valence-electron chi connectivity index (χ2n) is 5.98. The third-order valence-corrected chi connectivity index (χ3v) is 4.46. The number of ether oxygens (including phenoxy) is 3. The summed E-state index contributed by atoms with van der Waals surface area (Å²) in [5.74, 6) is -0.307. The average Bonchev–Trinajstić information content (AvgIpc) is 2.61. The zero-order valence-corrected chi connectivity index (χ0v) is 14.3. The van der Waals surface area contributed by atoms with Gasteiger partial charge in [-0.2, -0.15) is 0 Å². The highest BCUT2D eigenvalue weighted by Crippen LogP contribution is 2.30. The Hall–Kier alpha value is -1.79. The maximum absolute atomic E-state index is 12.4. The largest absolute Gasteiger partial charge is 0.492 e. The lowest BCUT2D eigenvalue weighted by Crippen LogP contribution is -2.46. The number of fused-ring (bicyclic) bond motifs is 1. The highest BCUT2D eigenvalue weighted by molar-refractivity contribution is 6.30. The molecule has 0 aromatic heterocycles. The maximum atomic E-state index is 12.4. The van der Waals surface area contributed by atoms with Gasteiger partial charge in [0.1, 0.15) is 12.4 Å². The van der Waals surface area contributed by atoms with Gasteiger partial charge in [0.15, 0.2) is 6.10 Å². The lowest BCUT2D eigenvalue weighted by atomic mass is 9.97. The third kappa shape index (κ3) is 3.82. The molecule has 1 aromatic rings. The molecule has 1 fully saturated rings. The Kier molecular flexibility index (Phi) is 5.26. The van der Waals surface area contributed by atoms with Crippen molar-refractivity contribution in [2.75, 3.05) is 32.9 Å². The van der Waals surface area contributed by atoms with E-state index in [0.717, 1.165) is 11.3 Å². The van der Waals surface area contributed by atoms with Crippen molar-refractivity contribution in [3.05, 3.63) is 28.8 Å². The molecule has 1 saturated heterocycles. The first-order valence-electron chi connectivity index (χ1n) is 8.03. The van der Waals surface area contributed by atoms with E-state index >= 15 is 0 Å². The van der Waals surface area contributed by atoms with Gasteiger partial charge in [0, 0.05) is 18.1 Å². The molecule has 1 aromatic carbocycles. The number of hydrogen-bond donors (Lipinski definition) is 0. The van der Waals surface area contributed by atoms with Crippen LogP contribution in [0.4, 0.5) is 0 Å². The van der Waals surface area contributed by atoms with Crippen LogP contribution in [0.2, 0.25) is 5.02 Å². The molecular formula is C17H20ClNO5. The van der Waals surface area contributed by atoms with E-state index in [9.17, 15) is 9.59 Å². The summed E-state index contributed by atoms with van der Waals surface area (Å²) in [6.45, 7) is 3.93. The number of esters is 1. The van der Waals surface area contributed by atoms with Crippen molar-refractivity contribution >= 4 is 23.5 Å². The molecule has 2 heterocycles. The number of nitrogens with zero attached hydrogens (tertiary/aromatic N) is 1. The fourth-order valence-electron chi connectivity index (χ4n) is 2.88. The standard InChI is InChI=1S/C17H20ClNO5/c1-11(16(20)19-4-6-22-7-5-19)24-17(21)13-8-12-9-14(18)2-3-15(12)23-10-13/h2-3,9,11,13H,4-8,10H2,1H3. The number of halogens is 1. The van der Waals surface area contributed by atoms with Gasteiger partial charge in [-0.1, -0.05) is 11.6 Å². The summed E-state index contributed by atoms with van der Waals surface area (Å²) in [5.41, 5.74) is 0.878. The second-order valence-corrected chi connectivity index (χ2v) is 6.42. The first-order valence-corrected chi connectivity index (χ1v) is 8.40. The van der Waals surface area contributed by atoms with Crippen LogP contribution in [0.3, 0.4) is 0 Å². The number of rotatable bonds is 3. The molecule has 1 amide bonds. The van der Waals surface area contributed by atoms with Crippen molar-refractivity contribution in [2.45, 2.75) is 19.4 Å². The number of carbonyl (C=O) groups is 2. The Balaban J connectivity index is 1.57. The molecule has 7 heteroatoms. The quantitative estimate of drug-likeness (QED) is 0.774. The van der Waals surface area contributed by atoms with Crippen LogP contribution < -0.4 is 4.74 Å². The van der Waals surface area contributed by atoms with E-state index in [-0.39, 0.29) is 12.5 Å². The van der Waals surface area contributed by atoms with Gasteiger partial charge in [-0.05, 0) is 37.1 Å². The van der Waals surface area contributed by atoms with Crippen molar-refractivity contribution in [2.24, 2.45) is 5.92 Å². The molecule has 130 valence electrons. The predicted octanol–water partition coefficient (Wildman–Crippen LogP) is 1.68. The molecule has 2 unspecified atom stereocenters. The van der Waals surface area contributed by atoms with Crippen molar-refractivity contribution in [3.8, 4) is 5.75 Å². The van der Waals surface area contributed by atoms with Gasteiger partial charge in [0.05, 0.1) is 19.1 Å². The summed E-state index contributed by atoms with van der Waals surface area (Å²) < 4.78 is 16.2. The van der Waals surface area contributed by atoms with Crippen molar-refractivity contribution in [1.82, 2.24) is 4.90 Å². The van der Waals surface area contributed by atoms with Crippen molar-refractivity contribution in [3.63, 3.8) is 0 Å². The summed E-state index contributed by atoms with van der Waals surface area (Å²) in [6.07, 6.45) is -0.316. The fraction of sp³-hybridized carbons (Fsp3) is 0.529. The Morgan fingerprint density at radius 1 is 1.33 bits per heavy atom. The summed E-state index contributed by atoms with van der Waals surface area (Å²) in [4.78, 5) is 26.3. The first kappa shape index (κ1) is 17.0. The van der Waals surface area contributed by atoms with E-state index in [4.69, 9.17) is 25.8 Å². The van der Waals surface area contributed by atoms with Crippen molar-refractivity contribution in [1.29, 1.82) is 0 Å². The van der Waals surface area contributed by atoms with Gasteiger partial charge in [-0.25, -0.2) is 0 Å². The van der Waals surface area contributed by atoms with E-state index in [1.165, 1.54) is 0 Å². The lowest BCUT2D eigenvalue weighted by Gasteiger charge is -2.30. The first-order chi connectivity index (χ1) is 11.5. The molecule has 6 nitrogen and oxygen atoms in total. The molecule has 3 rings (SSSR count). The van der Waals surface area contributed by atoms with Gasteiger partial charge in [-0.3, -0.25) is 9.59 Å². The molecule has 0 radical (unpaired) electrons. The SMILES string of the molecule is CC(OC(=O)C1COc2ccc(Cl)cc2C1)C(=O)N1CCOCC1. The van der Waals surface area contributed by atoms with E-state index in [2.05, 4.69) is 0 Å². The summed E-state index contributed by atoms with van der Waals surface area (Å²) >= 11 is 5.98. The zero-order valence-electron chi connectivity index (χ0n) is 13.5. The molecule has 2 aliphatic heterocycles. The van der Waals surface area contributed by atoms with Crippen LogP contribution in [0.15, 0.2) is 18.2 Å². The Morgan fingerprint density at radius 2 is 2.08 bits per heavy atom. The number of hydrogen-bond acceptors (Lipinski definition) is 5. The van der Waals surface area contributed by atoms with Crippen LogP contribution in [-0.2, 0) is 25.5 Å². The van der Waals surface area contributed by atoms with Gasteiger partial charge >= 0.3 is 5.97 Å². The van der Waals surface area contributed by atoms with Crippen LogP contribution in [0.1, 0.15) is 12.5 Å². The van der Waals surface area contributed by atoms with E-state index in [0.29, 0.717) is 37.7 Å². The minimum atomic E-state index is -0.809. The van der Waals surface area contributed by atoms with E-state index < -0.39 is 18.0 Å². The highest BCUT2D eigenvalue weighted by Gasteiger charge is 2.31. The molecule has 24 heavy (non-hydrogen) atoms. The number of morpholine rings is 1. The van der Waals surface area contributed by atoms with Crippen LogP contribution in [-0.4, -0.2) is 55.8 Å². The van der Waals surface area contributed by atoms with Gasteiger partial charge in [-0.15, -0.1) is 0 Å². The van der Waals surface area contributed by atoms with Crippen LogP contribution in [0, 0.1) is 5.92 Å². The molecule has 0 saturated carbocycles. The van der Waals surface area contributed by atoms with Crippen LogP contribution in [0.5, 0.6) is 5.75 Å². The number of benzene rings is 1. The normalized spacial score (nSPS) is 21.4. The monoisotopic (exact) mass is 353 g/mol. The van der Waals surface area contributed by atoms with Crippen LogP contribution in [0.25, 0.3) is 0 Å². The second kappa shape index (κ2) is 7.40. The maximum Gasteiger partial charge on any atom is 0.313 e. The summed E-state index contributed by atoms with van der Waals surface area (Å²) in [5, 5.41) is 0.599. The van der Waals surface area contributed by atoms with Crippen molar-refractivity contribution < 1.29 is 23.8 Å². The Labute approximate surface area is 145 Å². The molecule has 0 bridgehead atoms. The molecule has 0 N–H and O–H groups in total. The zero-order chi connectivity index (χ0) is 17.1. The number of amides is 1. The smallest absolute Gasteiger partial charge is 0.313 e. The summed E-state index contributed by atoms with van der Waals surface area (Å²) in [6, 6.07) is 5.34. The molecule has 2 atom stereocenters. The minimum absolute atomic E-state index is 0.188. The average molecular weight is 354 g/mol. The molecule has 2 aliphatic rings. The van der Waals surface area contributed by atoms with Crippen LogP contribution >= 0.6 is 11.6 Å². The molecule has 0 aliphatic carbocycles. The topological polar surface area (TPSA) is 65.1 Å². The fourth-order valence-corrected chi connectivity index (χ4v) is 3.07. The Bertz CT molecular complexity index is 629. The molecular weight excluding hydrogens is 334 g/mol. The Morgan fingerprint density at radius 3 is 2.83 bits per heavy atom. The highest BCUT2D eigenvalue weighted by atomic mass is 35.5. The van der Waals surface area contributed by atoms with Gasteiger partial charge < -0.3 is 19.1 Å². The minimum Gasteiger partial charge on any atom is -0.492 e. The van der Waals surface area contributed by atoms with E-state index in [1.807, 2.05) is 0 Å². The lowest BCUT2D eigenvalue weighted by molar-refractivity contribution is -0.165. The number of carbonyl (C=O) groups excluding carboxylic acids is 2. The summed E-state index contributed by atoms with van der Waals surface area (Å²) in [7, 11) is 0. The van der Waals surface area contributed by atoms with Gasteiger partial charge in [0.2, 0.25) is 0 Å². The molecule has 0 spiro atoms.